The van der Waals surface area contributed by atoms with Gasteiger partial charge in [0.15, 0.2) is 5.13 Å². The fourth-order valence-electron chi connectivity index (χ4n) is 1.61. The van der Waals surface area contributed by atoms with Gasteiger partial charge in [-0.25, -0.2) is 4.98 Å². The van der Waals surface area contributed by atoms with Crippen molar-refractivity contribution in [2.45, 2.75) is 0 Å². The van der Waals surface area contributed by atoms with Crippen LogP contribution >= 0.6 is 22.7 Å². The third kappa shape index (κ3) is 2.72. The topological polar surface area (TPSA) is 42.0 Å². The Balaban J connectivity index is 1.78. The Kier molecular flexibility index (Phi) is 3.39. The highest BCUT2D eigenvalue weighted by Crippen LogP contribution is 2.25. The fraction of sp³-hybridized carbons (Fsp3) is 0. The van der Waals surface area contributed by atoms with Crippen molar-refractivity contribution in [2.24, 2.45) is 0 Å². The van der Waals surface area contributed by atoms with Gasteiger partial charge in [-0.1, -0.05) is 35.6 Å². The second-order valence-electron chi connectivity index (χ2n) is 3.83. The van der Waals surface area contributed by atoms with Crippen molar-refractivity contribution >= 4 is 39.3 Å². The summed E-state index contributed by atoms with van der Waals surface area (Å²) in [6.45, 7) is 0. The van der Waals surface area contributed by atoms with Gasteiger partial charge in [0, 0.05) is 5.69 Å². The van der Waals surface area contributed by atoms with Crippen LogP contribution in [0.5, 0.6) is 0 Å². The molecule has 0 spiro atoms. The number of aromatic nitrogens is 1. The first-order valence-electron chi connectivity index (χ1n) is 5.69. The van der Waals surface area contributed by atoms with E-state index >= 15 is 0 Å². The van der Waals surface area contributed by atoms with Crippen LogP contribution in [0, 0.1) is 0 Å². The van der Waals surface area contributed by atoms with Crippen LogP contribution in [0.15, 0.2) is 54.0 Å². The van der Waals surface area contributed by atoms with E-state index in [1.54, 1.807) is 6.20 Å². The minimum absolute atomic E-state index is 0.0358. The zero-order chi connectivity index (χ0) is 13.1. The summed E-state index contributed by atoms with van der Waals surface area (Å²) in [6.07, 6.45) is 1.62. The molecule has 0 saturated heterocycles. The van der Waals surface area contributed by atoms with Crippen LogP contribution in [0.1, 0.15) is 14.5 Å². The molecule has 3 aromatic rings. The lowest BCUT2D eigenvalue weighted by Crippen LogP contribution is -1.93. The Morgan fingerprint density at radius 3 is 2.63 bits per heavy atom. The molecule has 19 heavy (non-hydrogen) atoms. The van der Waals surface area contributed by atoms with Gasteiger partial charge in [0.05, 0.1) is 16.0 Å². The molecule has 0 aliphatic carbocycles. The van der Waals surface area contributed by atoms with Gasteiger partial charge < -0.3 is 5.32 Å². The van der Waals surface area contributed by atoms with E-state index in [4.69, 9.17) is 0 Å². The Hall–Kier alpha value is -1.98. The molecule has 1 N–H and O–H groups in total. The number of ketones is 1. The lowest BCUT2D eigenvalue weighted by Gasteiger charge is -2.00. The Labute approximate surface area is 118 Å². The van der Waals surface area contributed by atoms with Crippen LogP contribution in [-0.4, -0.2) is 10.8 Å². The number of benzene rings is 1. The van der Waals surface area contributed by atoms with E-state index in [1.165, 1.54) is 22.7 Å². The maximum Gasteiger partial charge on any atom is 0.214 e. The maximum absolute atomic E-state index is 12.1. The van der Waals surface area contributed by atoms with Crippen LogP contribution in [-0.2, 0) is 0 Å². The van der Waals surface area contributed by atoms with Crippen LogP contribution in [0.3, 0.4) is 0 Å². The molecule has 3 rings (SSSR count). The predicted octanol–water partition coefficient (Wildman–Crippen LogP) is 4.18. The number of hydrogen-bond donors (Lipinski definition) is 1. The van der Waals surface area contributed by atoms with E-state index in [1.807, 2.05) is 47.8 Å². The minimum atomic E-state index is 0.0358. The van der Waals surface area contributed by atoms with Crippen molar-refractivity contribution in [1.82, 2.24) is 4.98 Å². The summed E-state index contributed by atoms with van der Waals surface area (Å²) < 4.78 is 0. The number of nitrogens with one attached hydrogen (secondary N) is 1. The minimum Gasteiger partial charge on any atom is -0.332 e. The molecule has 0 radical (unpaired) electrons. The van der Waals surface area contributed by atoms with Crippen molar-refractivity contribution in [3.63, 3.8) is 0 Å². The summed E-state index contributed by atoms with van der Waals surface area (Å²) >= 11 is 2.82. The van der Waals surface area contributed by atoms with E-state index in [2.05, 4.69) is 10.3 Å². The average molecular weight is 286 g/mol. The average Bonchev–Trinajstić information content (AvgIpc) is 3.10. The molecule has 0 atom stereocenters. The smallest absolute Gasteiger partial charge is 0.214 e. The standard InChI is InChI=1S/C14H10N2OS2/c17-13(11-7-4-8-18-11)12-9-15-14(19-12)16-10-5-2-1-3-6-10/h1-9H,(H,15,16). The van der Waals surface area contributed by atoms with Gasteiger partial charge in [-0.2, -0.15) is 0 Å². The molecular weight excluding hydrogens is 276 g/mol. The number of thiophene rings is 1. The van der Waals surface area contributed by atoms with Crippen molar-refractivity contribution in [3.05, 3.63) is 63.8 Å². The molecule has 3 nitrogen and oxygen atoms in total. The zero-order valence-electron chi connectivity index (χ0n) is 9.87. The van der Waals surface area contributed by atoms with Gasteiger partial charge in [-0.15, -0.1) is 11.3 Å². The van der Waals surface area contributed by atoms with Crippen LogP contribution in [0.25, 0.3) is 0 Å². The normalized spacial score (nSPS) is 10.3. The predicted molar refractivity (Wildman–Crippen MR) is 79.6 cm³/mol. The molecule has 1 aromatic carbocycles. The first kappa shape index (κ1) is 12.1. The van der Waals surface area contributed by atoms with Gasteiger partial charge in [-0.05, 0) is 23.6 Å². The highest BCUT2D eigenvalue weighted by molar-refractivity contribution is 7.19. The third-order valence-corrected chi connectivity index (χ3v) is 4.28. The van der Waals surface area contributed by atoms with Crippen LogP contribution < -0.4 is 5.32 Å². The van der Waals surface area contributed by atoms with Crippen LogP contribution in [0.4, 0.5) is 10.8 Å². The monoisotopic (exact) mass is 286 g/mol. The second kappa shape index (κ2) is 5.34. The molecule has 5 heteroatoms. The van der Waals surface area contributed by atoms with Gasteiger partial charge >= 0.3 is 0 Å². The number of para-hydroxylation sites is 1. The number of carbonyl (C=O) groups is 1. The Bertz CT molecular complexity index is 675. The molecule has 0 amide bonds. The van der Waals surface area contributed by atoms with Gasteiger partial charge in [0.1, 0.15) is 0 Å². The van der Waals surface area contributed by atoms with Crippen LogP contribution in [0.2, 0.25) is 0 Å². The van der Waals surface area contributed by atoms with E-state index < -0.39 is 0 Å². The molecule has 0 unspecified atom stereocenters. The summed E-state index contributed by atoms with van der Waals surface area (Å²) in [4.78, 5) is 17.8. The zero-order valence-corrected chi connectivity index (χ0v) is 11.5. The summed E-state index contributed by atoms with van der Waals surface area (Å²) in [5.74, 6) is 0.0358. The highest BCUT2D eigenvalue weighted by atomic mass is 32.1. The summed E-state index contributed by atoms with van der Waals surface area (Å²) in [6, 6.07) is 13.5. The number of hydrogen-bond acceptors (Lipinski definition) is 5. The summed E-state index contributed by atoms with van der Waals surface area (Å²) in [5, 5.41) is 5.81. The highest BCUT2D eigenvalue weighted by Gasteiger charge is 2.13. The molecule has 0 saturated carbocycles. The van der Waals surface area contributed by atoms with Crippen molar-refractivity contribution in [2.75, 3.05) is 5.32 Å². The number of carbonyl (C=O) groups excluding carboxylic acids is 1. The second-order valence-corrected chi connectivity index (χ2v) is 5.81. The molecule has 94 valence electrons. The number of nitrogens with zero attached hydrogens (tertiary/aromatic N) is 1. The van der Waals surface area contributed by atoms with Gasteiger partial charge in [0.25, 0.3) is 0 Å². The number of anilines is 2. The molecule has 0 aliphatic heterocycles. The largest absolute Gasteiger partial charge is 0.332 e. The molecule has 0 bridgehead atoms. The third-order valence-electron chi connectivity index (χ3n) is 2.50. The first-order chi connectivity index (χ1) is 9.33. The number of rotatable bonds is 4. The van der Waals surface area contributed by atoms with Crippen molar-refractivity contribution in [3.8, 4) is 0 Å². The quantitative estimate of drug-likeness (QED) is 0.732. The molecular formula is C14H10N2OS2. The SMILES string of the molecule is O=C(c1cccs1)c1cnc(Nc2ccccc2)s1. The molecule has 2 aromatic heterocycles. The number of thiazole rings is 1. The molecule has 2 heterocycles. The maximum atomic E-state index is 12.1. The fourth-order valence-corrected chi connectivity index (χ4v) is 3.14. The Morgan fingerprint density at radius 2 is 1.89 bits per heavy atom. The van der Waals surface area contributed by atoms with Gasteiger partial charge in [-0.3, -0.25) is 4.79 Å². The lowest BCUT2D eigenvalue weighted by molar-refractivity contribution is 0.104. The van der Waals surface area contributed by atoms with E-state index in [0.717, 1.165) is 15.7 Å². The van der Waals surface area contributed by atoms with Crippen molar-refractivity contribution in [1.29, 1.82) is 0 Å². The molecule has 0 fully saturated rings. The Morgan fingerprint density at radius 1 is 1.05 bits per heavy atom. The molecule has 0 aliphatic rings. The van der Waals surface area contributed by atoms with E-state index in [0.29, 0.717) is 4.88 Å². The summed E-state index contributed by atoms with van der Waals surface area (Å²) in [7, 11) is 0. The lowest BCUT2D eigenvalue weighted by atomic mass is 10.3. The van der Waals surface area contributed by atoms with Gasteiger partial charge in [0.2, 0.25) is 5.78 Å². The van der Waals surface area contributed by atoms with Crippen molar-refractivity contribution < 1.29 is 4.79 Å². The first-order valence-corrected chi connectivity index (χ1v) is 7.38. The van der Waals surface area contributed by atoms with E-state index in [-0.39, 0.29) is 5.78 Å². The summed E-state index contributed by atoms with van der Waals surface area (Å²) in [5.41, 5.74) is 0.965. The van der Waals surface area contributed by atoms with E-state index in [9.17, 15) is 4.79 Å².